The van der Waals surface area contributed by atoms with Crippen LogP contribution in [-0.4, -0.2) is 30.9 Å². The number of nitrogens with one attached hydrogen (secondary N) is 1. The van der Waals surface area contributed by atoms with Crippen molar-refractivity contribution >= 4 is 39.6 Å². The number of aromatic nitrogens is 5. The third-order valence-corrected chi connectivity index (χ3v) is 5.32. The van der Waals surface area contributed by atoms with E-state index >= 15 is 0 Å². The molecule has 0 saturated carbocycles. The number of halogens is 1. The summed E-state index contributed by atoms with van der Waals surface area (Å²) in [4.78, 5) is 30.4. The van der Waals surface area contributed by atoms with Gasteiger partial charge in [-0.25, -0.2) is 9.67 Å². The van der Waals surface area contributed by atoms with E-state index in [9.17, 15) is 9.59 Å². The molecule has 8 nitrogen and oxygen atoms in total. The molecule has 0 radical (unpaired) electrons. The van der Waals surface area contributed by atoms with Gasteiger partial charge >= 0.3 is 0 Å². The van der Waals surface area contributed by atoms with Gasteiger partial charge < -0.3 is 10.7 Å². The van der Waals surface area contributed by atoms with Gasteiger partial charge in [0.2, 0.25) is 11.5 Å². The van der Waals surface area contributed by atoms with Crippen LogP contribution in [0, 0.1) is 0 Å². The number of primary amides is 1. The van der Waals surface area contributed by atoms with Crippen LogP contribution in [0.5, 0.6) is 0 Å². The highest BCUT2D eigenvalue weighted by molar-refractivity contribution is 6.34. The summed E-state index contributed by atoms with van der Waals surface area (Å²) in [5.74, 6) is -0.582. The predicted molar refractivity (Wildman–Crippen MR) is 118 cm³/mol. The average Bonchev–Trinajstić information content (AvgIpc) is 3.15. The van der Waals surface area contributed by atoms with Gasteiger partial charge in [0.1, 0.15) is 5.52 Å². The Morgan fingerprint density at radius 3 is 2.74 bits per heavy atom. The fourth-order valence-corrected chi connectivity index (χ4v) is 3.74. The Hall–Kier alpha value is -4.04. The van der Waals surface area contributed by atoms with Crippen LogP contribution >= 0.6 is 11.6 Å². The molecule has 0 aliphatic carbocycles. The maximum atomic E-state index is 11.5. The largest absolute Gasteiger partial charge is 0.366 e. The maximum Gasteiger partial charge on any atom is 0.250 e. The summed E-state index contributed by atoms with van der Waals surface area (Å²) in [6, 6.07) is 17.7. The molecule has 152 valence electrons. The lowest BCUT2D eigenvalue weighted by Gasteiger charge is -2.07. The SMILES string of the molecule is NC(=O)c1ccc(-c2ccc3nnn(Cc4ccc5[nH]c(=O)ccc5c4)c3n2)cc1Cl. The van der Waals surface area contributed by atoms with Crippen molar-refractivity contribution in [2.45, 2.75) is 6.54 Å². The molecule has 3 aromatic heterocycles. The molecule has 0 spiro atoms. The van der Waals surface area contributed by atoms with Crippen LogP contribution in [0.25, 0.3) is 33.3 Å². The lowest BCUT2D eigenvalue weighted by atomic mass is 10.1. The summed E-state index contributed by atoms with van der Waals surface area (Å²) in [6.45, 7) is 0.462. The molecule has 1 amide bonds. The van der Waals surface area contributed by atoms with Crippen molar-refractivity contribution in [2.75, 3.05) is 0 Å². The number of amides is 1. The number of carbonyl (C=O) groups is 1. The Morgan fingerprint density at radius 2 is 1.94 bits per heavy atom. The molecule has 2 aromatic carbocycles. The lowest BCUT2D eigenvalue weighted by molar-refractivity contribution is 0.100. The molecule has 0 bridgehead atoms. The van der Waals surface area contributed by atoms with Crippen LogP contribution in [0.2, 0.25) is 5.02 Å². The van der Waals surface area contributed by atoms with E-state index in [1.165, 1.54) is 6.07 Å². The second-order valence-corrected chi connectivity index (χ2v) is 7.50. The first-order valence-electron chi connectivity index (χ1n) is 9.40. The lowest BCUT2D eigenvalue weighted by Crippen LogP contribution is -2.11. The third kappa shape index (κ3) is 3.53. The number of H-pyrrole nitrogens is 1. The van der Waals surface area contributed by atoms with Crippen molar-refractivity contribution in [2.24, 2.45) is 5.73 Å². The van der Waals surface area contributed by atoms with E-state index in [4.69, 9.17) is 22.3 Å². The average molecular weight is 431 g/mol. The fraction of sp³-hybridized carbons (Fsp3) is 0.0455. The minimum Gasteiger partial charge on any atom is -0.366 e. The zero-order valence-electron chi connectivity index (χ0n) is 16.0. The number of benzene rings is 2. The Bertz CT molecular complexity index is 1540. The van der Waals surface area contributed by atoms with E-state index in [0.717, 1.165) is 22.0 Å². The second-order valence-electron chi connectivity index (χ2n) is 7.09. The van der Waals surface area contributed by atoms with Crippen LogP contribution in [0.15, 0.2) is 65.5 Å². The quantitative estimate of drug-likeness (QED) is 0.454. The minimum atomic E-state index is -0.582. The molecule has 3 heterocycles. The number of nitrogens with two attached hydrogens (primary N) is 1. The van der Waals surface area contributed by atoms with Crippen molar-refractivity contribution in [1.29, 1.82) is 0 Å². The summed E-state index contributed by atoms with van der Waals surface area (Å²) in [5, 5.41) is 9.63. The number of carbonyl (C=O) groups excluding carboxylic acids is 1. The van der Waals surface area contributed by atoms with Crippen LogP contribution in [-0.2, 0) is 6.54 Å². The van der Waals surface area contributed by atoms with Gasteiger partial charge in [0.25, 0.3) is 0 Å². The van der Waals surface area contributed by atoms with E-state index in [0.29, 0.717) is 23.4 Å². The normalized spacial score (nSPS) is 11.3. The van der Waals surface area contributed by atoms with Crippen molar-refractivity contribution < 1.29 is 4.79 Å². The third-order valence-electron chi connectivity index (χ3n) is 5.01. The summed E-state index contributed by atoms with van der Waals surface area (Å²) < 4.78 is 1.71. The number of aromatic amines is 1. The van der Waals surface area contributed by atoms with Gasteiger partial charge in [0.15, 0.2) is 5.65 Å². The maximum absolute atomic E-state index is 11.5. The zero-order valence-corrected chi connectivity index (χ0v) is 16.8. The topological polar surface area (TPSA) is 120 Å². The first-order valence-corrected chi connectivity index (χ1v) is 9.78. The molecule has 5 aromatic rings. The van der Waals surface area contributed by atoms with Gasteiger partial charge in [-0.3, -0.25) is 9.59 Å². The van der Waals surface area contributed by atoms with E-state index in [1.54, 1.807) is 28.9 Å². The molecule has 0 aliphatic heterocycles. The Balaban J connectivity index is 1.52. The van der Waals surface area contributed by atoms with Gasteiger partial charge in [0, 0.05) is 17.1 Å². The van der Waals surface area contributed by atoms with Crippen LogP contribution in [0.3, 0.4) is 0 Å². The molecule has 0 saturated heterocycles. The standard InChI is InChI=1S/C22H15ClN6O2/c23-16-10-14(2-4-15(16)21(24)31)18-6-7-19-22(26-18)29(28-27-19)11-12-1-5-17-13(9-12)3-8-20(30)25-17/h1-10H,11H2,(H2,24,31)(H,25,30). The molecule has 9 heteroatoms. The van der Waals surface area contributed by atoms with Crippen LogP contribution in [0.1, 0.15) is 15.9 Å². The van der Waals surface area contributed by atoms with Crippen LogP contribution < -0.4 is 11.3 Å². The predicted octanol–water partition coefficient (Wildman–Crippen LogP) is 3.14. The molecular formula is C22H15ClN6O2. The van der Waals surface area contributed by atoms with Gasteiger partial charge in [-0.05, 0) is 53.4 Å². The first kappa shape index (κ1) is 19.0. The van der Waals surface area contributed by atoms with Gasteiger partial charge in [-0.1, -0.05) is 28.9 Å². The number of pyridine rings is 2. The van der Waals surface area contributed by atoms with Gasteiger partial charge in [-0.15, -0.1) is 5.10 Å². The smallest absolute Gasteiger partial charge is 0.250 e. The highest BCUT2D eigenvalue weighted by Crippen LogP contribution is 2.26. The molecule has 0 aliphatic rings. The minimum absolute atomic E-state index is 0.136. The van der Waals surface area contributed by atoms with E-state index in [2.05, 4.69) is 15.3 Å². The highest BCUT2D eigenvalue weighted by Gasteiger charge is 2.12. The van der Waals surface area contributed by atoms with E-state index in [-0.39, 0.29) is 16.1 Å². The van der Waals surface area contributed by atoms with Crippen molar-refractivity contribution in [1.82, 2.24) is 25.0 Å². The monoisotopic (exact) mass is 430 g/mol. The molecule has 3 N–H and O–H groups in total. The summed E-state index contributed by atoms with van der Waals surface area (Å²) in [5.41, 5.74) is 9.92. The van der Waals surface area contributed by atoms with Gasteiger partial charge in [0.05, 0.1) is 22.8 Å². The number of fused-ring (bicyclic) bond motifs is 2. The number of hydrogen-bond donors (Lipinski definition) is 2. The zero-order chi connectivity index (χ0) is 21.5. The number of hydrogen-bond acceptors (Lipinski definition) is 5. The second kappa shape index (κ2) is 7.33. The number of nitrogens with zero attached hydrogens (tertiary/aromatic N) is 4. The fourth-order valence-electron chi connectivity index (χ4n) is 3.47. The molecule has 31 heavy (non-hydrogen) atoms. The molecule has 0 unspecified atom stereocenters. The highest BCUT2D eigenvalue weighted by atomic mass is 35.5. The number of rotatable bonds is 4. The molecule has 0 fully saturated rings. The molecule has 5 rings (SSSR count). The summed E-state index contributed by atoms with van der Waals surface area (Å²) in [7, 11) is 0. The van der Waals surface area contributed by atoms with Crippen molar-refractivity contribution in [3.8, 4) is 11.3 Å². The Morgan fingerprint density at radius 1 is 1.06 bits per heavy atom. The summed E-state index contributed by atoms with van der Waals surface area (Å²) >= 11 is 6.19. The first-order chi connectivity index (χ1) is 15.0. The van der Waals surface area contributed by atoms with E-state index < -0.39 is 5.91 Å². The van der Waals surface area contributed by atoms with Crippen molar-refractivity contribution in [3.05, 3.63) is 87.2 Å². The van der Waals surface area contributed by atoms with Gasteiger partial charge in [-0.2, -0.15) is 0 Å². The van der Waals surface area contributed by atoms with Crippen molar-refractivity contribution in [3.63, 3.8) is 0 Å². The van der Waals surface area contributed by atoms with Crippen LogP contribution in [0.4, 0.5) is 0 Å². The molecular weight excluding hydrogens is 416 g/mol. The Labute approximate surface area is 180 Å². The molecule has 0 atom stereocenters. The Kier molecular flexibility index (Phi) is 4.48. The van der Waals surface area contributed by atoms with E-state index in [1.807, 2.05) is 30.3 Å². The summed E-state index contributed by atoms with van der Waals surface area (Å²) in [6.07, 6.45) is 0.